The first-order valence-electron chi connectivity index (χ1n) is 12.1. The van der Waals surface area contributed by atoms with E-state index in [1.54, 1.807) is 19.3 Å². The van der Waals surface area contributed by atoms with E-state index in [0.717, 1.165) is 30.6 Å². The molecule has 2 N–H and O–H groups in total. The van der Waals surface area contributed by atoms with Crippen LogP contribution in [-0.2, 0) is 33.7 Å². The Labute approximate surface area is 204 Å². The van der Waals surface area contributed by atoms with E-state index in [2.05, 4.69) is 22.5 Å². The van der Waals surface area contributed by atoms with Crippen LogP contribution in [0.15, 0.2) is 22.8 Å². The molecule has 1 unspecified atom stereocenters. The number of amides is 2. The Kier molecular flexibility index (Phi) is 8.05. The molecule has 184 valence electrons. The normalized spacial score (nSPS) is 18.8. The van der Waals surface area contributed by atoms with Crippen molar-refractivity contribution in [3.8, 4) is 0 Å². The first-order valence-corrected chi connectivity index (χ1v) is 12.9. The molecule has 9 heteroatoms. The number of carbonyl (C=O) groups is 3. The molecule has 4 rings (SSSR count). The number of ether oxygens (including phenoxy) is 1. The van der Waals surface area contributed by atoms with Gasteiger partial charge in [0, 0.05) is 10.8 Å². The number of carbonyl (C=O) groups excluding carboxylic acids is 3. The third kappa shape index (κ3) is 5.88. The number of rotatable bonds is 8. The lowest BCUT2D eigenvalue weighted by atomic mass is 9.88. The average Bonchev–Trinajstić information content (AvgIpc) is 3.45. The van der Waals surface area contributed by atoms with Gasteiger partial charge in [0.2, 0.25) is 11.8 Å². The predicted molar refractivity (Wildman–Crippen MR) is 130 cm³/mol. The van der Waals surface area contributed by atoms with Crippen LogP contribution in [0.25, 0.3) is 0 Å². The number of nitrogens with one attached hydrogen (secondary N) is 2. The standard InChI is InChI=1S/C25H33N3O5S/c1-3-32-25(31)22-19-7-6-16(2)13-20(19)34-24(22)27-21(29)15-28-10-8-17(9-11-28)23(30)26-14-18-5-4-12-33-18/h4-5,12,16-17H,3,6-11,13-15H2,1-2H3,(H,26,30)(H,27,29). The lowest BCUT2D eigenvalue weighted by molar-refractivity contribution is -0.126. The van der Waals surface area contributed by atoms with Gasteiger partial charge in [0.25, 0.3) is 0 Å². The summed E-state index contributed by atoms with van der Waals surface area (Å²) in [6, 6.07) is 3.63. The summed E-state index contributed by atoms with van der Waals surface area (Å²) >= 11 is 1.51. The van der Waals surface area contributed by atoms with Crippen molar-refractivity contribution in [1.82, 2.24) is 10.2 Å². The number of thiophene rings is 1. The lowest BCUT2D eigenvalue weighted by Gasteiger charge is -2.30. The largest absolute Gasteiger partial charge is 0.467 e. The molecule has 2 amide bonds. The molecule has 1 atom stereocenters. The van der Waals surface area contributed by atoms with Gasteiger partial charge in [0.15, 0.2) is 0 Å². The van der Waals surface area contributed by atoms with Gasteiger partial charge in [-0.3, -0.25) is 14.5 Å². The monoisotopic (exact) mass is 487 g/mol. The molecule has 2 aromatic heterocycles. The molecule has 8 nitrogen and oxygen atoms in total. The Hall–Kier alpha value is -2.65. The maximum Gasteiger partial charge on any atom is 0.341 e. The molecular weight excluding hydrogens is 454 g/mol. The highest BCUT2D eigenvalue weighted by Crippen LogP contribution is 2.40. The number of hydrogen-bond acceptors (Lipinski definition) is 7. The number of likely N-dealkylation sites (tertiary alicyclic amines) is 1. The summed E-state index contributed by atoms with van der Waals surface area (Å²) in [5, 5.41) is 6.52. The van der Waals surface area contributed by atoms with Crippen molar-refractivity contribution >= 4 is 34.1 Å². The topological polar surface area (TPSA) is 101 Å². The molecule has 34 heavy (non-hydrogen) atoms. The van der Waals surface area contributed by atoms with Crippen molar-refractivity contribution in [2.24, 2.45) is 11.8 Å². The van der Waals surface area contributed by atoms with Crippen LogP contribution in [0.1, 0.15) is 59.7 Å². The Morgan fingerprint density at radius 3 is 2.74 bits per heavy atom. The zero-order valence-electron chi connectivity index (χ0n) is 19.9. The second-order valence-corrected chi connectivity index (χ2v) is 10.3. The van der Waals surface area contributed by atoms with E-state index in [0.29, 0.717) is 55.6 Å². The average molecular weight is 488 g/mol. The van der Waals surface area contributed by atoms with Crippen molar-refractivity contribution in [3.05, 3.63) is 40.2 Å². The first kappa shape index (κ1) is 24.5. The molecule has 0 bridgehead atoms. The molecule has 1 aliphatic heterocycles. The quantitative estimate of drug-likeness (QED) is 0.552. The summed E-state index contributed by atoms with van der Waals surface area (Å²) in [6.07, 6.45) is 5.80. The van der Waals surface area contributed by atoms with E-state index in [4.69, 9.17) is 9.15 Å². The van der Waals surface area contributed by atoms with Crippen LogP contribution in [0, 0.1) is 11.8 Å². The van der Waals surface area contributed by atoms with Crippen molar-refractivity contribution in [2.45, 2.75) is 52.5 Å². The number of anilines is 1. The summed E-state index contributed by atoms with van der Waals surface area (Å²) in [5.41, 5.74) is 1.58. The minimum absolute atomic E-state index is 0.0259. The van der Waals surface area contributed by atoms with Crippen LogP contribution < -0.4 is 10.6 Å². The number of piperidine rings is 1. The Bertz CT molecular complexity index is 1010. The molecule has 1 aliphatic carbocycles. The molecule has 0 spiro atoms. The summed E-state index contributed by atoms with van der Waals surface area (Å²) in [4.78, 5) is 41.2. The smallest absolute Gasteiger partial charge is 0.341 e. The third-order valence-electron chi connectivity index (χ3n) is 6.59. The summed E-state index contributed by atoms with van der Waals surface area (Å²) in [7, 11) is 0. The van der Waals surface area contributed by atoms with E-state index < -0.39 is 0 Å². The Balaban J connectivity index is 1.30. The SMILES string of the molecule is CCOC(=O)c1c(NC(=O)CN2CCC(C(=O)NCc3ccco3)CC2)sc2c1CCC(C)C2. The highest BCUT2D eigenvalue weighted by molar-refractivity contribution is 7.17. The van der Waals surface area contributed by atoms with Gasteiger partial charge in [-0.25, -0.2) is 4.79 Å². The van der Waals surface area contributed by atoms with E-state index in [1.165, 1.54) is 16.2 Å². The molecule has 0 radical (unpaired) electrons. The van der Waals surface area contributed by atoms with Crippen LogP contribution in [0.4, 0.5) is 5.00 Å². The van der Waals surface area contributed by atoms with E-state index >= 15 is 0 Å². The Morgan fingerprint density at radius 1 is 1.24 bits per heavy atom. The van der Waals surface area contributed by atoms with Crippen molar-refractivity contribution in [1.29, 1.82) is 0 Å². The number of nitrogens with zero attached hydrogens (tertiary/aromatic N) is 1. The van der Waals surface area contributed by atoms with Crippen LogP contribution in [0.2, 0.25) is 0 Å². The number of fused-ring (bicyclic) bond motifs is 1. The van der Waals surface area contributed by atoms with Gasteiger partial charge in [0.05, 0.1) is 31.5 Å². The fourth-order valence-electron chi connectivity index (χ4n) is 4.71. The number of furan rings is 1. The minimum atomic E-state index is -0.355. The zero-order chi connectivity index (χ0) is 24.1. The summed E-state index contributed by atoms with van der Waals surface area (Å²) in [5.74, 6) is 0.773. The van der Waals surface area contributed by atoms with Crippen molar-refractivity contribution < 1.29 is 23.5 Å². The molecular formula is C25H33N3O5S. The van der Waals surface area contributed by atoms with Crippen LogP contribution >= 0.6 is 11.3 Å². The molecule has 0 saturated carbocycles. The van der Waals surface area contributed by atoms with Crippen LogP contribution in [0.5, 0.6) is 0 Å². The number of esters is 1. The van der Waals surface area contributed by atoms with Gasteiger partial charge in [-0.15, -0.1) is 11.3 Å². The molecule has 1 saturated heterocycles. The number of hydrogen-bond donors (Lipinski definition) is 2. The molecule has 3 heterocycles. The van der Waals surface area contributed by atoms with Gasteiger partial charge in [0.1, 0.15) is 10.8 Å². The third-order valence-corrected chi connectivity index (χ3v) is 7.76. The zero-order valence-corrected chi connectivity index (χ0v) is 20.7. The second kappa shape index (κ2) is 11.2. The van der Waals surface area contributed by atoms with Crippen molar-refractivity contribution in [3.63, 3.8) is 0 Å². The van der Waals surface area contributed by atoms with E-state index in [-0.39, 0.29) is 30.2 Å². The first-order chi connectivity index (χ1) is 16.4. The van der Waals surface area contributed by atoms with E-state index in [1.807, 2.05) is 6.07 Å². The van der Waals surface area contributed by atoms with Gasteiger partial charge >= 0.3 is 5.97 Å². The minimum Gasteiger partial charge on any atom is -0.467 e. The fourth-order valence-corrected chi connectivity index (χ4v) is 6.13. The maximum absolute atomic E-state index is 12.9. The highest BCUT2D eigenvalue weighted by Gasteiger charge is 2.30. The second-order valence-electron chi connectivity index (χ2n) is 9.17. The molecule has 1 fully saturated rings. The predicted octanol–water partition coefficient (Wildman–Crippen LogP) is 3.61. The molecule has 2 aliphatic rings. The Morgan fingerprint density at radius 2 is 2.03 bits per heavy atom. The van der Waals surface area contributed by atoms with Crippen LogP contribution in [-0.4, -0.2) is 48.9 Å². The maximum atomic E-state index is 12.9. The van der Waals surface area contributed by atoms with Gasteiger partial charge < -0.3 is 19.8 Å². The van der Waals surface area contributed by atoms with Gasteiger partial charge in [-0.1, -0.05) is 6.92 Å². The highest BCUT2D eigenvalue weighted by atomic mass is 32.1. The molecule has 2 aromatic rings. The summed E-state index contributed by atoms with van der Waals surface area (Å²) in [6.45, 7) is 6.29. The molecule has 0 aromatic carbocycles. The van der Waals surface area contributed by atoms with Crippen molar-refractivity contribution in [2.75, 3.05) is 31.6 Å². The fraction of sp³-hybridized carbons (Fsp3) is 0.560. The van der Waals surface area contributed by atoms with Crippen LogP contribution in [0.3, 0.4) is 0 Å². The lowest BCUT2D eigenvalue weighted by Crippen LogP contribution is -2.43. The summed E-state index contributed by atoms with van der Waals surface area (Å²) < 4.78 is 10.5. The van der Waals surface area contributed by atoms with Gasteiger partial charge in [-0.05, 0) is 75.7 Å². The van der Waals surface area contributed by atoms with E-state index in [9.17, 15) is 14.4 Å². The van der Waals surface area contributed by atoms with Gasteiger partial charge in [-0.2, -0.15) is 0 Å².